The number of anilines is 2. The molecule has 162 valence electrons. The van der Waals surface area contributed by atoms with Crippen molar-refractivity contribution in [3.63, 3.8) is 0 Å². The highest BCUT2D eigenvalue weighted by Gasteiger charge is 2.39. The zero-order valence-corrected chi connectivity index (χ0v) is 18.0. The zero-order chi connectivity index (χ0) is 21.7. The number of piperidine rings is 1. The van der Waals surface area contributed by atoms with Gasteiger partial charge in [-0.05, 0) is 50.5 Å². The molecule has 0 bridgehead atoms. The minimum atomic E-state index is -0.538. The van der Waals surface area contributed by atoms with Gasteiger partial charge in [0, 0.05) is 37.6 Å². The Morgan fingerprint density at radius 2 is 1.87 bits per heavy atom. The average molecular weight is 422 g/mol. The number of carbonyl (C=O) groups is 1. The molecular formula is C24H28FN5O. The lowest BCUT2D eigenvalue weighted by molar-refractivity contribution is 0.0719. The maximum Gasteiger partial charge on any atom is 0.256 e. The van der Waals surface area contributed by atoms with Crippen molar-refractivity contribution in [3.05, 3.63) is 59.5 Å². The van der Waals surface area contributed by atoms with E-state index in [1.54, 1.807) is 11.0 Å². The fourth-order valence-electron chi connectivity index (χ4n) is 5.10. The summed E-state index contributed by atoms with van der Waals surface area (Å²) >= 11 is 0. The van der Waals surface area contributed by atoms with Crippen molar-refractivity contribution < 1.29 is 9.18 Å². The molecule has 1 amide bonds. The molecule has 1 atom stereocenters. The number of para-hydroxylation sites is 1. The summed E-state index contributed by atoms with van der Waals surface area (Å²) in [6.07, 6.45) is 2.68. The zero-order valence-electron chi connectivity index (χ0n) is 18.0. The first-order valence-electron chi connectivity index (χ1n) is 11.0. The number of fused-ring (bicyclic) bond motifs is 2. The van der Waals surface area contributed by atoms with Gasteiger partial charge < -0.3 is 14.4 Å². The van der Waals surface area contributed by atoms with Gasteiger partial charge in [-0.25, -0.2) is 10.2 Å². The normalized spacial score (nSPS) is 18.7. The molecule has 7 heteroatoms. The number of aryl methyl sites for hydroxylation is 1. The fraction of sp³-hybridized carbons (Fsp3) is 0.375. The number of likely N-dealkylation sites (tertiary alicyclic amines) is 1. The van der Waals surface area contributed by atoms with Gasteiger partial charge in [0.25, 0.3) is 5.91 Å². The third-order valence-electron chi connectivity index (χ3n) is 6.66. The summed E-state index contributed by atoms with van der Waals surface area (Å²) in [5.74, 6) is 5.73. The molecule has 2 aliphatic rings. The molecule has 31 heavy (non-hydrogen) atoms. The van der Waals surface area contributed by atoms with Gasteiger partial charge in [-0.2, -0.15) is 0 Å². The predicted octanol–water partition coefficient (Wildman–Crippen LogP) is 4.26. The van der Waals surface area contributed by atoms with Crippen LogP contribution in [-0.4, -0.2) is 35.5 Å². The van der Waals surface area contributed by atoms with E-state index in [9.17, 15) is 4.79 Å². The molecule has 0 spiro atoms. The number of nitrogens with zero attached hydrogens (tertiary/aromatic N) is 4. The Morgan fingerprint density at radius 3 is 2.61 bits per heavy atom. The summed E-state index contributed by atoms with van der Waals surface area (Å²) in [4.78, 5) is 16.7. The van der Waals surface area contributed by atoms with E-state index in [1.165, 1.54) is 5.01 Å². The highest BCUT2D eigenvalue weighted by molar-refractivity contribution is 5.98. The molecule has 0 saturated carbocycles. The summed E-state index contributed by atoms with van der Waals surface area (Å²) in [7, 11) is 1.92. The van der Waals surface area contributed by atoms with Crippen LogP contribution in [0, 0.1) is 5.82 Å². The van der Waals surface area contributed by atoms with Crippen LogP contribution in [0.4, 0.5) is 15.8 Å². The minimum Gasteiger partial charge on any atom is -0.346 e. The molecular weight excluding hydrogens is 393 g/mol. The van der Waals surface area contributed by atoms with Crippen LogP contribution in [0.1, 0.15) is 48.4 Å². The van der Waals surface area contributed by atoms with Crippen molar-refractivity contribution in [3.8, 4) is 0 Å². The van der Waals surface area contributed by atoms with Gasteiger partial charge in [0.1, 0.15) is 5.69 Å². The van der Waals surface area contributed by atoms with E-state index in [0.29, 0.717) is 18.8 Å². The number of amides is 1. The largest absolute Gasteiger partial charge is 0.346 e. The molecule has 2 N–H and O–H groups in total. The number of hydrogen-bond acceptors (Lipinski definition) is 4. The molecule has 5 rings (SSSR count). The first kappa shape index (κ1) is 19.9. The molecule has 2 aliphatic heterocycles. The Kier molecular flexibility index (Phi) is 4.85. The quantitative estimate of drug-likeness (QED) is 0.642. The van der Waals surface area contributed by atoms with Crippen LogP contribution < -0.4 is 15.8 Å². The van der Waals surface area contributed by atoms with Gasteiger partial charge in [-0.15, -0.1) is 0 Å². The highest BCUT2D eigenvalue weighted by Crippen LogP contribution is 2.46. The Hall–Kier alpha value is -3.06. The Balaban J connectivity index is 1.56. The monoisotopic (exact) mass is 421 g/mol. The molecule has 0 unspecified atom stereocenters. The van der Waals surface area contributed by atoms with E-state index in [4.69, 9.17) is 5.84 Å². The standard InChI is InChI=1S/C24H28FN5O/c1-3-29-18-10-6-5-9-16(18)15-20(29)23-27(2)19-12-11-17(21(25)22(19)30(23)26)24(31)28-13-7-4-8-14-28/h5-6,9-12,15,23H,3-4,7-8,13-14,26H2,1-2H3/t23-/m1/s1. The van der Waals surface area contributed by atoms with Crippen molar-refractivity contribution >= 4 is 28.2 Å². The van der Waals surface area contributed by atoms with Crippen LogP contribution in [0.5, 0.6) is 0 Å². The number of nitrogens with two attached hydrogens (primary N) is 1. The maximum absolute atomic E-state index is 15.7. The van der Waals surface area contributed by atoms with E-state index >= 15 is 4.39 Å². The number of rotatable bonds is 3. The fourth-order valence-corrected chi connectivity index (χ4v) is 5.10. The van der Waals surface area contributed by atoms with E-state index < -0.39 is 5.82 Å². The first-order chi connectivity index (χ1) is 15.0. The molecule has 1 fully saturated rings. The second-order valence-electron chi connectivity index (χ2n) is 8.41. The second kappa shape index (κ2) is 7.57. The molecule has 1 saturated heterocycles. The lowest BCUT2D eigenvalue weighted by atomic mass is 10.1. The molecule has 2 aromatic carbocycles. The number of aromatic nitrogens is 1. The summed E-state index contributed by atoms with van der Waals surface area (Å²) in [5.41, 5.74) is 3.19. The third-order valence-corrected chi connectivity index (χ3v) is 6.66. The highest BCUT2D eigenvalue weighted by atomic mass is 19.1. The van der Waals surface area contributed by atoms with Crippen molar-refractivity contribution in [2.45, 2.75) is 38.9 Å². The number of hydrogen-bond donors (Lipinski definition) is 1. The maximum atomic E-state index is 15.7. The third kappa shape index (κ3) is 2.98. The molecule has 0 radical (unpaired) electrons. The summed E-state index contributed by atoms with van der Waals surface area (Å²) in [5, 5.41) is 2.59. The minimum absolute atomic E-state index is 0.0983. The van der Waals surface area contributed by atoms with Gasteiger partial charge in [0.15, 0.2) is 12.0 Å². The molecule has 3 heterocycles. The second-order valence-corrected chi connectivity index (χ2v) is 8.41. The summed E-state index contributed by atoms with van der Waals surface area (Å²) < 4.78 is 17.9. The topological polar surface area (TPSA) is 57.7 Å². The molecule has 0 aliphatic carbocycles. The molecule has 6 nitrogen and oxygen atoms in total. The van der Waals surface area contributed by atoms with Crippen LogP contribution in [0.2, 0.25) is 0 Å². The lowest BCUT2D eigenvalue weighted by Gasteiger charge is -2.28. The van der Waals surface area contributed by atoms with Crippen molar-refractivity contribution in [2.24, 2.45) is 5.84 Å². The summed E-state index contributed by atoms with van der Waals surface area (Å²) in [6, 6.07) is 13.7. The Labute approximate surface area is 181 Å². The Morgan fingerprint density at radius 1 is 1.13 bits per heavy atom. The van der Waals surface area contributed by atoms with Crippen molar-refractivity contribution in [1.82, 2.24) is 9.47 Å². The van der Waals surface area contributed by atoms with E-state index in [0.717, 1.165) is 42.4 Å². The van der Waals surface area contributed by atoms with Gasteiger partial charge in [0.05, 0.1) is 16.9 Å². The van der Waals surface area contributed by atoms with E-state index in [2.05, 4.69) is 29.7 Å². The lowest BCUT2D eigenvalue weighted by Crippen LogP contribution is -2.40. The van der Waals surface area contributed by atoms with Crippen LogP contribution in [0.3, 0.4) is 0 Å². The SMILES string of the molecule is CCn1c([C@@H]2N(C)c3ccc(C(=O)N4CCCCC4)c(F)c3N2N)cc2ccccc21. The summed E-state index contributed by atoms with van der Waals surface area (Å²) in [6.45, 7) is 4.23. The van der Waals surface area contributed by atoms with Crippen LogP contribution in [-0.2, 0) is 6.54 Å². The number of carbonyl (C=O) groups excluding carboxylic acids is 1. The molecule has 1 aromatic heterocycles. The molecule has 3 aromatic rings. The number of hydrazine groups is 1. The number of halogens is 1. The van der Waals surface area contributed by atoms with Gasteiger partial charge >= 0.3 is 0 Å². The van der Waals surface area contributed by atoms with E-state index in [1.807, 2.05) is 30.1 Å². The van der Waals surface area contributed by atoms with Gasteiger partial charge in [-0.1, -0.05) is 18.2 Å². The van der Waals surface area contributed by atoms with Crippen molar-refractivity contribution in [2.75, 3.05) is 30.0 Å². The number of benzene rings is 2. The Bertz CT molecular complexity index is 1150. The van der Waals surface area contributed by atoms with Crippen LogP contribution >= 0.6 is 0 Å². The average Bonchev–Trinajstić information content (AvgIpc) is 3.28. The van der Waals surface area contributed by atoms with Crippen LogP contribution in [0.25, 0.3) is 10.9 Å². The van der Waals surface area contributed by atoms with Gasteiger partial charge in [0.2, 0.25) is 0 Å². The van der Waals surface area contributed by atoms with E-state index in [-0.39, 0.29) is 23.3 Å². The van der Waals surface area contributed by atoms with Crippen LogP contribution in [0.15, 0.2) is 42.5 Å². The predicted molar refractivity (Wildman–Crippen MR) is 122 cm³/mol. The first-order valence-corrected chi connectivity index (χ1v) is 11.0. The van der Waals surface area contributed by atoms with Crippen molar-refractivity contribution in [1.29, 1.82) is 0 Å². The van der Waals surface area contributed by atoms with Gasteiger partial charge in [-0.3, -0.25) is 9.80 Å². The smallest absolute Gasteiger partial charge is 0.256 e.